The molecule has 2 aromatic carbocycles. The molecule has 0 saturated heterocycles. The molecule has 1 aliphatic heterocycles. The number of carbonyl (C=O) groups excluding carboxylic acids is 1. The Labute approximate surface area is 117 Å². The number of hydrogen-bond acceptors (Lipinski definition) is 3. The van der Waals surface area contributed by atoms with Crippen LogP contribution in [0.5, 0.6) is 5.75 Å². The average Bonchev–Trinajstić information content (AvgIpc) is 2.49. The molecule has 2 aromatic rings. The van der Waals surface area contributed by atoms with Gasteiger partial charge < -0.3 is 15.4 Å². The molecule has 0 radical (unpaired) electrons. The Balaban J connectivity index is 1.68. The van der Waals surface area contributed by atoms with E-state index >= 15 is 0 Å². The number of rotatable bonds is 1. The molecule has 0 aromatic heterocycles. The van der Waals surface area contributed by atoms with Gasteiger partial charge in [-0.3, -0.25) is 0 Å². The molecule has 2 N–H and O–H groups in total. The third-order valence-electron chi connectivity index (χ3n) is 3.47. The minimum Gasteiger partial charge on any atom is -0.410 e. The maximum atomic E-state index is 12.1. The molecule has 102 valence electrons. The molecule has 0 unspecified atom stereocenters. The van der Waals surface area contributed by atoms with Crippen LogP contribution >= 0.6 is 0 Å². The van der Waals surface area contributed by atoms with E-state index in [9.17, 15) is 4.79 Å². The van der Waals surface area contributed by atoms with Gasteiger partial charge in [0.05, 0.1) is 0 Å². The van der Waals surface area contributed by atoms with E-state index in [-0.39, 0.29) is 6.09 Å². The van der Waals surface area contributed by atoms with Gasteiger partial charge in [0, 0.05) is 18.8 Å². The van der Waals surface area contributed by atoms with E-state index in [1.807, 2.05) is 12.1 Å². The van der Waals surface area contributed by atoms with Crippen molar-refractivity contribution in [1.29, 1.82) is 0 Å². The van der Waals surface area contributed by atoms with Crippen molar-refractivity contribution < 1.29 is 9.53 Å². The Morgan fingerprint density at radius 3 is 2.50 bits per heavy atom. The van der Waals surface area contributed by atoms with Crippen molar-refractivity contribution in [2.24, 2.45) is 0 Å². The number of benzene rings is 2. The second kappa shape index (κ2) is 5.25. The number of ether oxygens (including phenoxy) is 1. The minimum absolute atomic E-state index is 0.315. The Hall–Kier alpha value is -2.49. The summed E-state index contributed by atoms with van der Waals surface area (Å²) < 4.78 is 5.36. The van der Waals surface area contributed by atoms with Crippen LogP contribution in [0.3, 0.4) is 0 Å². The fraction of sp³-hybridized carbons (Fsp3) is 0.188. The van der Waals surface area contributed by atoms with Gasteiger partial charge in [0.25, 0.3) is 0 Å². The van der Waals surface area contributed by atoms with E-state index in [2.05, 4.69) is 12.1 Å². The van der Waals surface area contributed by atoms with Crippen LogP contribution in [0.1, 0.15) is 11.1 Å². The van der Waals surface area contributed by atoms with Gasteiger partial charge >= 0.3 is 6.09 Å². The lowest BCUT2D eigenvalue weighted by molar-refractivity contribution is 0.147. The monoisotopic (exact) mass is 268 g/mol. The summed E-state index contributed by atoms with van der Waals surface area (Å²) in [4.78, 5) is 13.9. The van der Waals surface area contributed by atoms with Crippen LogP contribution in [-0.2, 0) is 13.0 Å². The number of hydrogen-bond donors (Lipinski definition) is 1. The number of nitrogens with zero attached hydrogens (tertiary/aromatic N) is 1. The predicted molar refractivity (Wildman–Crippen MR) is 77.4 cm³/mol. The van der Waals surface area contributed by atoms with Crippen molar-refractivity contribution in [1.82, 2.24) is 4.90 Å². The van der Waals surface area contributed by atoms with Gasteiger partial charge in [0.15, 0.2) is 0 Å². The molecule has 1 amide bonds. The van der Waals surface area contributed by atoms with Crippen LogP contribution in [0.15, 0.2) is 48.5 Å². The van der Waals surface area contributed by atoms with Crippen LogP contribution in [0.4, 0.5) is 10.5 Å². The largest absolute Gasteiger partial charge is 0.415 e. The second-order valence-corrected chi connectivity index (χ2v) is 4.88. The Kier molecular flexibility index (Phi) is 3.29. The molecule has 20 heavy (non-hydrogen) atoms. The third kappa shape index (κ3) is 2.59. The summed E-state index contributed by atoms with van der Waals surface area (Å²) in [6.45, 7) is 1.29. The smallest absolute Gasteiger partial charge is 0.410 e. The van der Waals surface area contributed by atoms with E-state index in [4.69, 9.17) is 10.5 Å². The van der Waals surface area contributed by atoms with Crippen molar-refractivity contribution in [3.8, 4) is 5.75 Å². The maximum absolute atomic E-state index is 12.1. The number of anilines is 1. The zero-order chi connectivity index (χ0) is 13.9. The lowest BCUT2D eigenvalue weighted by Crippen LogP contribution is -2.37. The number of fused-ring (bicyclic) bond motifs is 1. The first kappa shape index (κ1) is 12.5. The van der Waals surface area contributed by atoms with Crippen molar-refractivity contribution in [2.75, 3.05) is 12.3 Å². The molecular formula is C16H16N2O2. The molecule has 4 heteroatoms. The summed E-state index contributed by atoms with van der Waals surface area (Å²) in [5.41, 5.74) is 8.75. The molecule has 3 rings (SSSR count). The summed E-state index contributed by atoms with van der Waals surface area (Å²) in [6.07, 6.45) is 0.553. The Morgan fingerprint density at radius 1 is 1.05 bits per heavy atom. The molecule has 0 aliphatic carbocycles. The van der Waals surface area contributed by atoms with E-state index in [1.165, 1.54) is 11.1 Å². The summed E-state index contributed by atoms with van der Waals surface area (Å²) in [5, 5.41) is 0. The van der Waals surface area contributed by atoms with Gasteiger partial charge in [-0.2, -0.15) is 0 Å². The van der Waals surface area contributed by atoms with Crippen LogP contribution in [-0.4, -0.2) is 17.5 Å². The first-order chi connectivity index (χ1) is 9.72. The highest BCUT2D eigenvalue weighted by atomic mass is 16.6. The molecule has 1 aliphatic rings. The first-order valence-corrected chi connectivity index (χ1v) is 6.61. The molecule has 4 nitrogen and oxygen atoms in total. The lowest BCUT2D eigenvalue weighted by atomic mass is 10.0. The van der Waals surface area contributed by atoms with Crippen molar-refractivity contribution in [3.63, 3.8) is 0 Å². The lowest BCUT2D eigenvalue weighted by Gasteiger charge is -2.27. The van der Waals surface area contributed by atoms with Crippen molar-refractivity contribution >= 4 is 11.8 Å². The topological polar surface area (TPSA) is 55.6 Å². The van der Waals surface area contributed by atoms with Gasteiger partial charge in [-0.1, -0.05) is 24.3 Å². The quantitative estimate of drug-likeness (QED) is 0.809. The van der Waals surface area contributed by atoms with E-state index in [1.54, 1.807) is 29.2 Å². The van der Waals surface area contributed by atoms with E-state index in [0.717, 1.165) is 6.42 Å². The minimum atomic E-state index is -0.315. The van der Waals surface area contributed by atoms with Crippen LogP contribution in [0.2, 0.25) is 0 Å². The normalized spacial score (nSPS) is 13.7. The van der Waals surface area contributed by atoms with E-state index < -0.39 is 0 Å². The van der Waals surface area contributed by atoms with E-state index in [0.29, 0.717) is 24.5 Å². The molecule has 0 atom stereocenters. The Bertz CT molecular complexity index is 623. The van der Waals surface area contributed by atoms with Gasteiger partial charge in [-0.25, -0.2) is 4.79 Å². The molecule has 0 fully saturated rings. The van der Waals surface area contributed by atoms with Gasteiger partial charge in [0.1, 0.15) is 5.75 Å². The predicted octanol–water partition coefficient (Wildman–Crippen LogP) is 2.83. The third-order valence-corrected chi connectivity index (χ3v) is 3.47. The van der Waals surface area contributed by atoms with Crippen molar-refractivity contribution in [2.45, 2.75) is 13.0 Å². The fourth-order valence-corrected chi connectivity index (χ4v) is 2.35. The molecule has 0 saturated carbocycles. The van der Waals surface area contributed by atoms with Crippen LogP contribution < -0.4 is 10.5 Å². The first-order valence-electron chi connectivity index (χ1n) is 6.61. The number of amides is 1. The van der Waals surface area contributed by atoms with Crippen molar-refractivity contribution in [3.05, 3.63) is 59.7 Å². The summed E-state index contributed by atoms with van der Waals surface area (Å²) in [6, 6.07) is 15.0. The van der Waals surface area contributed by atoms with Gasteiger partial charge in [-0.05, 0) is 41.8 Å². The molecule has 1 heterocycles. The average molecular weight is 268 g/mol. The van der Waals surface area contributed by atoms with Gasteiger partial charge in [0.2, 0.25) is 0 Å². The highest BCUT2D eigenvalue weighted by Crippen LogP contribution is 2.20. The molecule has 0 spiro atoms. The highest BCUT2D eigenvalue weighted by molar-refractivity contribution is 5.71. The molecular weight excluding hydrogens is 252 g/mol. The standard InChI is InChI=1S/C16H16N2O2/c17-14-5-7-15(8-6-14)20-16(19)18-10-9-12-3-1-2-4-13(12)11-18/h1-8H,9-11,17H2. The number of carbonyl (C=O) groups is 1. The zero-order valence-electron chi connectivity index (χ0n) is 11.1. The number of nitrogen functional groups attached to an aromatic ring is 1. The summed E-state index contributed by atoms with van der Waals surface area (Å²) in [7, 11) is 0. The van der Waals surface area contributed by atoms with Crippen LogP contribution in [0.25, 0.3) is 0 Å². The highest BCUT2D eigenvalue weighted by Gasteiger charge is 2.21. The van der Waals surface area contributed by atoms with Gasteiger partial charge in [-0.15, -0.1) is 0 Å². The maximum Gasteiger partial charge on any atom is 0.415 e. The summed E-state index contributed by atoms with van der Waals surface area (Å²) in [5.74, 6) is 0.517. The molecule has 0 bridgehead atoms. The number of nitrogens with two attached hydrogens (primary N) is 1. The second-order valence-electron chi connectivity index (χ2n) is 4.88. The fourth-order valence-electron chi connectivity index (χ4n) is 2.35. The Morgan fingerprint density at radius 2 is 1.75 bits per heavy atom. The zero-order valence-corrected chi connectivity index (χ0v) is 11.1. The van der Waals surface area contributed by atoms with Crippen LogP contribution in [0, 0.1) is 0 Å². The SMILES string of the molecule is Nc1ccc(OC(=O)N2CCc3ccccc3C2)cc1. The summed E-state index contributed by atoms with van der Waals surface area (Å²) >= 11 is 0.